The molecular weight excluding hydrogens is 600 g/mol. The molecule has 2 aliphatic heterocycles. The summed E-state index contributed by atoms with van der Waals surface area (Å²) in [6, 6.07) is 11.4. The molecule has 3 fully saturated rings. The number of rotatable bonds is 7. The summed E-state index contributed by atoms with van der Waals surface area (Å²) >= 11 is 4.34. The lowest BCUT2D eigenvalue weighted by Crippen LogP contribution is -2.61. The van der Waals surface area contributed by atoms with Gasteiger partial charge in [-0.3, -0.25) is 4.90 Å². The van der Waals surface area contributed by atoms with Gasteiger partial charge < -0.3 is 10.0 Å². The zero-order valence-corrected chi connectivity index (χ0v) is 25.1. The van der Waals surface area contributed by atoms with Crippen molar-refractivity contribution in [1.82, 2.24) is 9.21 Å². The Morgan fingerprint density at radius 3 is 2.29 bits per heavy atom. The first-order valence-electron chi connectivity index (χ1n) is 13.5. The molecule has 0 amide bonds. The quantitative estimate of drug-likeness (QED) is 0.453. The monoisotopic (exact) mass is 633 g/mol. The first-order valence-corrected chi connectivity index (χ1v) is 17.2. The van der Waals surface area contributed by atoms with Gasteiger partial charge in [0.25, 0.3) is 0 Å². The minimum atomic E-state index is -4.85. The van der Waals surface area contributed by atoms with E-state index >= 15 is 0 Å². The standard InChI is InChI=1S/C27H34F3N3O5S3/c1-26(34,27(28,29)30)20-8-10-21(11-9-20)33-13-12-32(41(37,38)25-5-3-2-4-24(25)39)17-22(33)16-31-14-15-40(35,36)18-23(31)19-6-7-19/h2-5,8-11,19,22-23,34,39H,6-7,12-18H2,1H3/t22-,23-,26+/m0/s1. The van der Waals surface area contributed by atoms with Crippen LogP contribution in [0.1, 0.15) is 25.3 Å². The van der Waals surface area contributed by atoms with Crippen molar-refractivity contribution < 1.29 is 35.1 Å². The fraction of sp³-hybridized carbons (Fsp3) is 0.556. The van der Waals surface area contributed by atoms with Crippen molar-refractivity contribution >= 4 is 38.2 Å². The number of piperazine rings is 1. The van der Waals surface area contributed by atoms with Gasteiger partial charge >= 0.3 is 6.18 Å². The smallest absolute Gasteiger partial charge is 0.376 e. The Labute approximate surface area is 244 Å². The Hall–Kier alpha value is -1.84. The van der Waals surface area contributed by atoms with Crippen LogP contribution in [0.2, 0.25) is 0 Å². The van der Waals surface area contributed by atoms with Crippen molar-refractivity contribution in [1.29, 1.82) is 0 Å². The molecule has 2 saturated heterocycles. The molecule has 0 aromatic heterocycles. The number of nitrogens with zero attached hydrogens (tertiary/aromatic N) is 3. The van der Waals surface area contributed by atoms with Gasteiger partial charge in [-0.15, -0.1) is 12.6 Å². The van der Waals surface area contributed by atoms with Gasteiger partial charge in [0.2, 0.25) is 10.0 Å². The molecule has 1 saturated carbocycles. The van der Waals surface area contributed by atoms with E-state index in [9.17, 15) is 35.1 Å². The predicted molar refractivity (Wildman–Crippen MR) is 152 cm³/mol. The van der Waals surface area contributed by atoms with E-state index < -0.39 is 37.7 Å². The van der Waals surface area contributed by atoms with Crippen LogP contribution < -0.4 is 4.90 Å². The number of hydrogen-bond acceptors (Lipinski definition) is 8. The average Bonchev–Trinajstić information content (AvgIpc) is 3.75. The maximum absolute atomic E-state index is 13.6. The third-order valence-corrected chi connectivity index (χ3v) is 12.6. The van der Waals surface area contributed by atoms with E-state index in [-0.39, 0.29) is 53.6 Å². The molecule has 8 nitrogen and oxygen atoms in total. The molecule has 3 atom stereocenters. The summed E-state index contributed by atoms with van der Waals surface area (Å²) in [7, 11) is -7.06. The van der Waals surface area contributed by atoms with Crippen LogP contribution in [0.15, 0.2) is 58.3 Å². The van der Waals surface area contributed by atoms with E-state index in [1.807, 2.05) is 4.90 Å². The fourth-order valence-electron chi connectivity index (χ4n) is 5.78. The molecule has 0 spiro atoms. The van der Waals surface area contributed by atoms with Crippen molar-refractivity contribution in [2.24, 2.45) is 5.92 Å². The molecule has 1 aliphatic carbocycles. The SMILES string of the molecule is C[C@@](O)(c1ccc(N2CCN(S(=O)(=O)c3ccccc3S)C[C@@H]2CN2CCS(=O)(=O)C[C@H]2C2CC2)cc1)C(F)(F)F. The molecule has 14 heteroatoms. The summed E-state index contributed by atoms with van der Waals surface area (Å²) in [5, 5.41) is 10.1. The topological polar surface area (TPSA) is 98.2 Å². The zero-order chi connectivity index (χ0) is 29.8. The number of anilines is 1. The minimum Gasteiger partial charge on any atom is -0.376 e. The third kappa shape index (κ3) is 6.28. The van der Waals surface area contributed by atoms with Crippen LogP contribution in [0.4, 0.5) is 18.9 Å². The normalized spacial score (nSPS) is 26.0. The van der Waals surface area contributed by atoms with Crippen molar-refractivity contribution in [2.45, 2.75) is 53.4 Å². The van der Waals surface area contributed by atoms with E-state index in [1.54, 1.807) is 18.2 Å². The maximum atomic E-state index is 13.6. The van der Waals surface area contributed by atoms with Crippen molar-refractivity contribution in [3.05, 3.63) is 54.1 Å². The molecule has 0 radical (unpaired) electrons. The molecule has 0 unspecified atom stereocenters. The van der Waals surface area contributed by atoms with Crippen LogP contribution in [-0.4, -0.2) is 93.6 Å². The first-order chi connectivity index (χ1) is 19.1. The van der Waals surface area contributed by atoms with Crippen LogP contribution in [0.5, 0.6) is 0 Å². The Bertz CT molecular complexity index is 1480. The second-order valence-electron chi connectivity index (χ2n) is 11.3. The molecule has 0 bridgehead atoms. The van der Waals surface area contributed by atoms with Gasteiger partial charge in [0.05, 0.1) is 22.4 Å². The molecule has 226 valence electrons. The third-order valence-electron chi connectivity index (χ3n) is 8.44. The average molecular weight is 634 g/mol. The van der Waals surface area contributed by atoms with E-state index in [4.69, 9.17) is 0 Å². The second kappa shape index (κ2) is 11.0. The zero-order valence-electron chi connectivity index (χ0n) is 22.5. The van der Waals surface area contributed by atoms with Gasteiger partial charge in [-0.2, -0.15) is 17.5 Å². The first kappa shape index (κ1) is 30.6. The van der Waals surface area contributed by atoms with Gasteiger partial charge in [0.15, 0.2) is 15.4 Å². The largest absolute Gasteiger partial charge is 0.421 e. The lowest BCUT2D eigenvalue weighted by Gasteiger charge is -2.46. The van der Waals surface area contributed by atoms with Crippen LogP contribution in [0, 0.1) is 5.92 Å². The molecule has 2 heterocycles. The summed E-state index contributed by atoms with van der Waals surface area (Å²) in [4.78, 5) is 4.53. The van der Waals surface area contributed by atoms with Crippen molar-refractivity contribution in [3.8, 4) is 0 Å². The number of hydrogen-bond donors (Lipinski definition) is 2. The molecule has 3 aliphatic rings. The van der Waals surface area contributed by atoms with Gasteiger partial charge in [0, 0.05) is 49.3 Å². The summed E-state index contributed by atoms with van der Waals surface area (Å²) < 4.78 is 93.8. The summed E-state index contributed by atoms with van der Waals surface area (Å²) in [6.07, 6.45) is -2.96. The number of sulfonamides is 1. The Morgan fingerprint density at radius 2 is 1.68 bits per heavy atom. The van der Waals surface area contributed by atoms with Gasteiger partial charge in [-0.25, -0.2) is 16.8 Å². The highest BCUT2D eigenvalue weighted by Gasteiger charge is 2.51. The number of thiol groups is 1. The summed E-state index contributed by atoms with van der Waals surface area (Å²) in [6.45, 7) is 1.96. The highest BCUT2D eigenvalue weighted by atomic mass is 32.2. The molecule has 41 heavy (non-hydrogen) atoms. The van der Waals surface area contributed by atoms with E-state index in [0.29, 0.717) is 30.6 Å². The predicted octanol–water partition coefficient (Wildman–Crippen LogP) is 3.13. The van der Waals surface area contributed by atoms with E-state index in [1.165, 1.54) is 34.6 Å². The molecule has 2 aromatic rings. The summed E-state index contributed by atoms with van der Waals surface area (Å²) in [5.74, 6) is 0.377. The maximum Gasteiger partial charge on any atom is 0.421 e. The lowest BCUT2D eigenvalue weighted by atomic mass is 9.95. The van der Waals surface area contributed by atoms with Gasteiger partial charge in [0.1, 0.15) is 0 Å². The number of alkyl halides is 3. The second-order valence-corrected chi connectivity index (χ2v) is 15.9. The number of sulfone groups is 1. The summed E-state index contributed by atoms with van der Waals surface area (Å²) in [5.41, 5.74) is -2.72. The highest BCUT2D eigenvalue weighted by Crippen LogP contribution is 2.40. The molecule has 1 N–H and O–H groups in total. The lowest BCUT2D eigenvalue weighted by molar-refractivity contribution is -0.258. The van der Waals surface area contributed by atoms with E-state index in [0.717, 1.165) is 12.8 Å². The number of benzene rings is 2. The van der Waals surface area contributed by atoms with Crippen LogP contribution in [0.3, 0.4) is 0 Å². The number of aliphatic hydroxyl groups is 1. The molecule has 5 rings (SSSR count). The van der Waals surface area contributed by atoms with Gasteiger partial charge in [-0.1, -0.05) is 24.3 Å². The van der Waals surface area contributed by atoms with E-state index in [2.05, 4.69) is 17.5 Å². The fourth-order valence-corrected chi connectivity index (χ4v) is 9.52. The number of halogens is 3. The Balaban J connectivity index is 1.45. The van der Waals surface area contributed by atoms with Crippen LogP contribution in [0.25, 0.3) is 0 Å². The van der Waals surface area contributed by atoms with Crippen LogP contribution >= 0.6 is 12.6 Å². The van der Waals surface area contributed by atoms with Crippen LogP contribution in [-0.2, 0) is 25.5 Å². The Kier molecular flexibility index (Phi) is 8.23. The molecular formula is C27H34F3N3O5S3. The Morgan fingerprint density at radius 1 is 1.02 bits per heavy atom. The van der Waals surface area contributed by atoms with Crippen molar-refractivity contribution in [2.75, 3.05) is 49.1 Å². The molecule has 2 aromatic carbocycles. The minimum absolute atomic E-state index is 0.0270. The highest BCUT2D eigenvalue weighted by molar-refractivity contribution is 7.91. The van der Waals surface area contributed by atoms with Gasteiger partial charge in [-0.05, 0) is 55.5 Å². The van der Waals surface area contributed by atoms with Crippen molar-refractivity contribution in [3.63, 3.8) is 0 Å².